The Balaban J connectivity index is 1.82. The van der Waals surface area contributed by atoms with Crippen LogP contribution < -0.4 is 10.0 Å². The second-order valence-electron chi connectivity index (χ2n) is 6.63. The van der Waals surface area contributed by atoms with Gasteiger partial charge in [-0.1, -0.05) is 23.7 Å². The van der Waals surface area contributed by atoms with Gasteiger partial charge in [0.05, 0.1) is 39.9 Å². The highest BCUT2D eigenvalue weighted by Gasteiger charge is 2.22. The number of amides is 1. The summed E-state index contributed by atoms with van der Waals surface area (Å²) in [5.41, 5.74) is 0.197. The van der Waals surface area contributed by atoms with Crippen molar-refractivity contribution in [2.45, 2.75) is 23.8 Å². The number of sulfonamides is 1. The number of carbonyl (C=O) groups is 2. The Kier molecular flexibility index (Phi) is 6.96. The molecule has 8 nitrogen and oxygen atoms in total. The lowest BCUT2D eigenvalue weighted by Gasteiger charge is -2.15. The molecule has 0 spiro atoms. The number of esters is 1. The van der Waals surface area contributed by atoms with Gasteiger partial charge >= 0.3 is 5.97 Å². The first-order valence-corrected chi connectivity index (χ1v) is 11.1. The summed E-state index contributed by atoms with van der Waals surface area (Å²) in [6.45, 7) is 1.02. The predicted octanol–water partition coefficient (Wildman–Crippen LogP) is 2.84. The van der Waals surface area contributed by atoms with E-state index < -0.39 is 21.9 Å². The first kappa shape index (κ1) is 22.1. The summed E-state index contributed by atoms with van der Waals surface area (Å²) in [4.78, 5) is 24.2. The minimum Gasteiger partial charge on any atom is -0.465 e. The van der Waals surface area contributed by atoms with Gasteiger partial charge in [0, 0.05) is 13.2 Å². The van der Waals surface area contributed by atoms with E-state index in [0.717, 1.165) is 18.9 Å². The van der Waals surface area contributed by atoms with Gasteiger partial charge in [-0.2, -0.15) is 0 Å². The summed E-state index contributed by atoms with van der Waals surface area (Å²) >= 11 is 5.96. The number of rotatable bonds is 7. The molecule has 0 aliphatic carbocycles. The van der Waals surface area contributed by atoms with Crippen LogP contribution in [0.3, 0.4) is 0 Å². The van der Waals surface area contributed by atoms with E-state index in [4.69, 9.17) is 16.3 Å². The van der Waals surface area contributed by atoms with Gasteiger partial charge in [0.2, 0.25) is 0 Å². The number of benzene rings is 2. The van der Waals surface area contributed by atoms with Crippen molar-refractivity contribution in [3.8, 4) is 0 Å². The largest absolute Gasteiger partial charge is 0.465 e. The SMILES string of the molecule is COC(=O)c1cc(S(=O)(=O)Nc2ccccc2C(=O)NC[C@H]2CCCO2)ccc1Cl. The highest BCUT2D eigenvalue weighted by atomic mass is 35.5. The van der Waals surface area contributed by atoms with E-state index >= 15 is 0 Å². The van der Waals surface area contributed by atoms with Crippen molar-refractivity contribution in [1.29, 1.82) is 0 Å². The zero-order valence-corrected chi connectivity index (χ0v) is 17.8. The Bertz CT molecular complexity index is 1050. The molecule has 1 amide bonds. The van der Waals surface area contributed by atoms with Crippen LogP contribution in [-0.2, 0) is 19.5 Å². The lowest BCUT2D eigenvalue weighted by Crippen LogP contribution is -2.32. The third-order valence-electron chi connectivity index (χ3n) is 4.58. The van der Waals surface area contributed by atoms with Crippen molar-refractivity contribution in [2.75, 3.05) is 25.0 Å². The van der Waals surface area contributed by atoms with E-state index in [1.165, 1.54) is 31.4 Å². The summed E-state index contributed by atoms with van der Waals surface area (Å²) in [6.07, 6.45) is 1.78. The average molecular weight is 453 g/mol. The van der Waals surface area contributed by atoms with Crippen molar-refractivity contribution < 1.29 is 27.5 Å². The molecule has 1 aliphatic heterocycles. The lowest BCUT2D eigenvalue weighted by atomic mass is 10.1. The Morgan fingerprint density at radius 3 is 2.67 bits per heavy atom. The standard InChI is InChI=1S/C20H21ClN2O6S/c1-28-20(25)16-11-14(8-9-17(16)21)30(26,27)23-18-7-3-2-6-15(18)19(24)22-12-13-5-4-10-29-13/h2-3,6-9,11,13,23H,4-5,10,12H2,1H3,(H,22,24)/t13-/m1/s1. The molecule has 1 atom stereocenters. The molecule has 30 heavy (non-hydrogen) atoms. The second kappa shape index (κ2) is 9.46. The van der Waals surface area contributed by atoms with Gasteiger partial charge in [0.25, 0.3) is 15.9 Å². The van der Waals surface area contributed by atoms with Crippen molar-refractivity contribution in [1.82, 2.24) is 5.32 Å². The molecule has 0 saturated carbocycles. The fourth-order valence-corrected chi connectivity index (χ4v) is 4.32. The van der Waals surface area contributed by atoms with Crippen LogP contribution in [-0.4, -0.2) is 46.7 Å². The third-order valence-corrected chi connectivity index (χ3v) is 6.28. The molecule has 2 aromatic rings. The summed E-state index contributed by atoms with van der Waals surface area (Å²) in [5, 5.41) is 2.83. The van der Waals surface area contributed by atoms with Crippen LogP contribution in [0.25, 0.3) is 0 Å². The van der Waals surface area contributed by atoms with Crippen LogP contribution in [0, 0.1) is 0 Å². The fraction of sp³-hybridized carbons (Fsp3) is 0.300. The van der Waals surface area contributed by atoms with E-state index in [-0.39, 0.29) is 32.8 Å². The number of ether oxygens (including phenoxy) is 2. The maximum absolute atomic E-state index is 12.9. The van der Waals surface area contributed by atoms with Gasteiger partial charge in [-0.3, -0.25) is 9.52 Å². The molecular weight excluding hydrogens is 432 g/mol. The minimum atomic E-state index is -4.10. The van der Waals surface area contributed by atoms with Crippen molar-refractivity contribution in [3.05, 3.63) is 58.6 Å². The molecule has 2 aromatic carbocycles. The quantitative estimate of drug-likeness (QED) is 0.625. The van der Waals surface area contributed by atoms with Gasteiger partial charge in [-0.05, 0) is 43.2 Å². The van der Waals surface area contributed by atoms with Gasteiger partial charge in [0.1, 0.15) is 0 Å². The van der Waals surface area contributed by atoms with E-state index in [0.29, 0.717) is 13.2 Å². The number of hydrogen-bond donors (Lipinski definition) is 2. The highest BCUT2D eigenvalue weighted by molar-refractivity contribution is 7.92. The summed E-state index contributed by atoms with van der Waals surface area (Å²) in [5.74, 6) is -1.18. The number of carbonyl (C=O) groups excluding carboxylic acids is 2. The molecular formula is C20H21ClN2O6S. The Morgan fingerprint density at radius 1 is 1.20 bits per heavy atom. The molecule has 1 fully saturated rings. The number of methoxy groups -OCH3 is 1. The van der Waals surface area contributed by atoms with E-state index in [2.05, 4.69) is 14.8 Å². The molecule has 0 bridgehead atoms. The van der Waals surface area contributed by atoms with E-state index in [9.17, 15) is 18.0 Å². The summed E-state index contributed by atoms with van der Waals surface area (Å²) in [6, 6.07) is 9.92. The number of para-hydroxylation sites is 1. The Labute approximate surface area is 179 Å². The van der Waals surface area contributed by atoms with Crippen LogP contribution in [0.15, 0.2) is 47.4 Å². The van der Waals surface area contributed by atoms with Gasteiger partial charge in [0.15, 0.2) is 0 Å². The van der Waals surface area contributed by atoms with Crippen LogP contribution in [0.2, 0.25) is 5.02 Å². The van der Waals surface area contributed by atoms with Gasteiger partial charge in [-0.25, -0.2) is 13.2 Å². The fourth-order valence-electron chi connectivity index (χ4n) is 3.02. The van der Waals surface area contributed by atoms with E-state index in [1.54, 1.807) is 12.1 Å². The smallest absolute Gasteiger partial charge is 0.339 e. The van der Waals surface area contributed by atoms with Gasteiger partial charge in [-0.15, -0.1) is 0 Å². The maximum atomic E-state index is 12.9. The number of anilines is 1. The lowest BCUT2D eigenvalue weighted by molar-refractivity contribution is 0.0600. The molecule has 0 radical (unpaired) electrons. The zero-order valence-electron chi connectivity index (χ0n) is 16.2. The van der Waals surface area contributed by atoms with E-state index in [1.807, 2.05) is 0 Å². The molecule has 10 heteroatoms. The monoisotopic (exact) mass is 452 g/mol. The second-order valence-corrected chi connectivity index (χ2v) is 8.72. The number of hydrogen-bond acceptors (Lipinski definition) is 6. The van der Waals surface area contributed by atoms with Crippen LogP contribution in [0.1, 0.15) is 33.6 Å². The molecule has 2 N–H and O–H groups in total. The molecule has 1 heterocycles. The zero-order chi connectivity index (χ0) is 21.7. The molecule has 0 unspecified atom stereocenters. The Hall–Kier alpha value is -2.62. The molecule has 1 aliphatic rings. The first-order chi connectivity index (χ1) is 14.3. The number of halogens is 1. The van der Waals surface area contributed by atoms with Crippen molar-refractivity contribution in [2.24, 2.45) is 0 Å². The maximum Gasteiger partial charge on any atom is 0.339 e. The van der Waals surface area contributed by atoms with Crippen LogP contribution in [0.4, 0.5) is 5.69 Å². The number of nitrogens with one attached hydrogen (secondary N) is 2. The third kappa shape index (κ3) is 5.10. The minimum absolute atomic E-state index is 0.0383. The van der Waals surface area contributed by atoms with Gasteiger partial charge < -0.3 is 14.8 Å². The van der Waals surface area contributed by atoms with Crippen molar-refractivity contribution >= 4 is 39.2 Å². The molecule has 3 rings (SSSR count). The topological polar surface area (TPSA) is 111 Å². The predicted molar refractivity (Wildman–Crippen MR) is 111 cm³/mol. The highest BCUT2D eigenvalue weighted by Crippen LogP contribution is 2.24. The Morgan fingerprint density at radius 2 is 1.97 bits per heavy atom. The normalized spacial score (nSPS) is 16.1. The average Bonchev–Trinajstić information content (AvgIpc) is 3.25. The summed E-state index contributed by atoms with van der Waals surface area (Å²) < 4.78 is 38.2. The molecule has 1 saturated heterocycles. The molecule has 0 aromatic heterocycles. The van der Waals surface area contributed by atoms with Crippen LogP contribution in [0.5, 0.6) is 0 Å². The van der Waals surface area contributed by atoms with Crippen LogP contribution >= 0.6 is 11.6 Å². The first-order valence-electron chi connectivity index (χ1n) is 9.21. The van der Waals surface area contributed by atoms with Crippen molar-refractivity contribution in [3.63, 3.8) is 0 Å². The molecule has 160 valence electrons. The summed E-state index contributed by atoms with van der Waals surface area (Å²) in [7, 11) is -2.93.